The lowest BCUT2D eigenvalue weighted by Crippen LogP contribution is -2.38. The topological polar surface area (TPSA) is 92.8 Å². The van der Waals surface area contributed by atoms with Gasteiger partial charge in [-0.05, 0) is 87.7 Å². The van der Waals surface area contributed by atoms with Gasteiger partial charge in [0.15, 0.2) is 0 Å². The van der Waals surface area contributed by atoms with Crippen molar-refractivity contribution in [3.63, 3.8) is 0 Å². The van der Waals surface area contributed by atoms with Crippen LogP contribution in [0.2, 0.25) is 0 Å². The summed E-state index contributed by atoms with van der Waals surface area (Å²) in [4.78, 5) is 25.3. The second-order valence-electron chi connectivity index (χ2n) is 8.39. The predicted octanol–water partition coefficient (Wildman–Crippen LogP) is 4.93. The number of esters is 1. The Morgan fingerprint density at radius 3 is 2.14 bits per heavy atom. The molecule has 1 N–H and O–H groups in total. The van der Waals surface area contributed by atoms with Gasteiger partial charge in [0, 0.05) is 5.69 Å². The molecule has 3 aromatic carbocycles. The quantitative estimate of drug-likeness (QED) is 0.448. The van der Waals surface area contributed by atoms with Crippen LogP contribution in [-0.4, -0.2) is 33.4 Å². The van der Waals surface area contributed by atoms with E-state index in [0.717, 1.165) is 26.6 Å². The molecule has 0 atom stereocenters. The van der Waals surface area contributed by atoms with Gasteiger partial charge < -0.3 is 10.1 Å². The van der Waals surface area contributed by atoms with Crippen LogP contribution in [0.5, 0.6) is 0 Å². The molecule has 0 saturated heterocycles. The highest BCUT2D eigenvalue weighted by Gasteiger charge is 2.28. The fourth-order valence-electron chi connectivity index (χ4n) is 3.45. The summed E-state index contributed by atoms with van der Waals surface area (Å²) in [6.45, 7) is 8.98. The van der Waals surface area contributed by atoms with Crippen LogP contribution in [0.4, 0.5) is 11.4 Å². The average molecular weight is 495 g/mol. The number of sulfonamides is 1. The predicted molar refractivity (Wildman–Crippen MR) is 137 cm³/mol. The Hall–Kier alpha value is -3.65. The van der Waals surface area contributed by atoms with E-state index in [0.29, 0.717) is 16.9 Å². The number of carbonyl (C=O) groups excluding carboxylic acids is 2. The monoisotopic (exact) mass is 494 g/mol. The van der Waals surface area contributed by atoms with Crippen LogP contribution in [0.1, 0.15) is 39.5 Å². The molecular weight excluding hydrogens is 464 g/mol. The summed E-state index contributed by atoms with van der Waals surface area (Å²) in [6.07, 6.45) is 0. The fourth-order valence-corrected chi connectivity index (χ4v) is 4.86. The largest absolute Gasteiger partial charge is 0.462 e. The maximum atomic E-state index is 13.6. The van der Waals surface area contributed by atoms with Crippen LogP contribution in [0, 0.1) is 27.7 Å². The van der Waals surface area contributed by atoms with E-state index < -0.39 is 28.4 Å². The fraction of sp³-hybridized carbons (Fsp3) is 0.259. The number of anilines is 2. The molecule has 0 radical (unpaired) electrons. The molecule has 8 heteroatoms. The number of nitrogens with one attached hydrogen (secondary N) is 1. The Morgan fingerprint density at radius 1 is 0.857 bits per heavy atom. The van der Waals surface area contributed by atoms with Crippen LogP contribution in [0.25, 0.3) is 0 Å². The Balaban J connectivity index is 1.96. The second kappa shape index (κ2) is 10.7. The first-order valence-electron chi connectivity index (χ1n) is 11.3. The van der Waals surface area contributed by atoms with Gasteiger partial charge in [0.1, 0.15) is 6.54 Å². The summed E-state index contributed by atoms with van der Waals surface area (Å²) in [5.41, 5.74) is 4.67. The standard InChI is InChI=1S/C27H30N2O5S/c1-6-34-27(31)22-11-9-20(4)25(16-22)28-26(30)17-29(23-12-10-19(3)21(5)15-23)35(32,33)24-13-7-18(2)8-14-24/h7-16H,6,17H2,1-5H3,(H,28,30). The number of rotatable bonds is 8. The Bertz CT molecular complexity index is 1350. The highest BCUT2D eigenvalue weighted by molar-refractivity contribution is 7.92. The molecule has 0 unspecified atom stereocenters. The van der Waals surface area contributed by atoms with Crippen molar-refractivity contribution in [2.24, 2.45) is 0 Å². The van der Waals surface area contributed by atoms with E-state index in [9.17, 15) is 18.0 Å². The van der Waals surface area contributed by atoms with Crippen LogP contribution in [0.15, 0.2) is 65.6 Å². The summed E-state index contributed by atoms with van der Waals surface area (Å²) < 4.78 is 33.3. The normalized spacial score (nSPS) is 11.1. The number of aryl methyl sites for hydroxylation is 4. The molecule has 3 rings (SSSR count). The zero-order valence-electron chi connectivity index (χ0n) is 20.6. The number of hydrogen-bond donors (Lipinski definition) is 1. The molecule has 0 saturated carbocycles. The molecule has 0 bridgehead atoms. The van der Waals surface area contributed by atoms with E-state index in [1.165, 1.54) is 18.2 Å². The Morgan fingerprint density at radius 2 is 1.51 bits per heavy atom. The van der Waals surface area contributed by atoms with Crippen molar-refractivity contribution in [3.8, 4) is 0 Å². The highest BCUT2D eigenvalue weighted by Crippen LogP contribution is 2.26. The maximum absolute atomic E-state index is 13.6. The van der Waals surface area contributed by atoms with E-state index in [2.05, 4.69) is 5.32 Å². The Labute approximate surface area is 206 Å². The highest BCUT2D eigenvalue weighted by atomic mass is 32.2. The third kappa shape index (κ3) is 6.08. The summed E-state index contributed by atoms with van der Waals surface area (Å²) >= 11 is 0. The lowest BCUT2D eigenvalue weighted by Gasteiger charge is -2.25. The zero-order valence-corrected chi connectivity index (χ0v) is 21.4. The van der Waals surface area contributed by atoms with Gasteiger partial charge in [0.2, 0.25) is 5.91 Å². The zero-order chi connectivity index (χ0) is 25.8. The summed E-state index contributed by atoms with van der Waals surface area (Å²) in [5.74, 6) is -1.04. The smallest absolute Gasteiger partial charge is 0.338 e. The number of amides is 1. The third-order valence-electron chi connectivity index (χ3n) is 5.70. The minimum atomic E-state index is -4.03. The molecule has 0 fully saturated rings. The minimum absolute atomic E-state index is 0.0922. The van der Waals surface area contributed by atoms with Crippen molar-refractivity contribution in [1.82, 2.24) is 0 Å². The van der Waals surface area contributed by atoms with Crippen molar-refractivity contribution >= 4 is 33.3 Å². The van der Waals surface area contributed by atoms with Gasteiger partial charge in [-0.2, -0.15) is 0 Å². The number of ether oxygens (including phenoxy) is 1. The molecule has 184 valence electrons. The number of nitrogens with zero attached hydrogens (tertiary/aromatic N) is 1. The van der Waals surface area contributed by atoms with Crippen molar-refractivity contribution < 1.29 is 22.7 Å². The van der Waals surface area contributed by atoms with Gasteiger partial charge in [-0.3, -0.25) is 9.10 Å². The van der Waals surface area contributed by atoms with Crippen molar-refractivity contribution in [1.29, 1.82) is 0 Å². The van der Waals surface area contributed by atoms with Crippen LogP contribution >= 0.6 is 0 Å². The third-order valence-corrected chi connectivity index (χ3v) is 7.49. The molecule has 3 aromatic rings. The van der Waals surface area contributed by atoms with Crippen molar-refractivity contribution in [2.75, 3.05) is 22.8 Å². The first-order chi connectivity index (χ1) is 16.5. The van der Waals surface area contributed by atoms with E-state index >= 15 is 0 Å². The van der Waals surface area contributed by atoms with Crippen LogP contribution in [-0.2, 0) is 19.6 Å². The molecule has 0 spiro atoms. The van der Waals surface area contributed by atoms with Crippen LogP contribution < -0.4 is 9.62 Å². The lowest BCUT2D eigenvalue weighted by atomic mass is 10.1. The van der Waals surface area contributed by atoms with Crippen molar-refractivity contribution in [2.45, 2.75) is 39.5 Å². The summed E-state index contributed by atoms with van der Waals surface area (Å²) in [6, 6.07) is 16.6. The molecule has 0 aliphatic rings. The van der Waals surface area contributed by atoms with Gasteiger partial charge in [0.05, 0.1) is 22.8 Å². The van der Waals surface area contributed by atoms with E-state index in [4.69, 9.17) is 4.74 Å². The minimum Gasteiger partial charge on any atom is -0.462 e. The summed E-state index contributed by atoms with van der Waals surface area (Å²) in [5, 5.41) is 2.75. The first kappa shape index (κ1) is 26.0. The molecule has 0 aliphatic carbocycles. The van der Waals surface area contributed by atoms with Gasteiger partial charge in [0.25, 0.3) is 10.0 Å². The second-order valence-corrected chi connectivity index (χ2v) is 10.3. The summed E-state index contributed by atoms with van der Waals surface area (Å²) in [7, 11) is -4.03. The van der Waals surface area contributed by atoms with E-state index in [1.54, 1.807) is 50.2 Å². The van der Waals surface area contributed by atoms with Gasteiger partial charge in [-0.15, -0.1) is 0 Å². The molecule has 0 heterocycles. The molecule has 0 aliphatic heterocycles. The molecule has 35 heavy (non-hydrogen) atoms. The number of benzene rings is 3. The average Bonchev–Trinajstić information content (AvgIpc) is 2.81. The molecule has 0 aromatic heterocycles. The molecule has 1 amide bonds. The van der Waals surface area contributed by atoms with Gasteiger partial charge in [-0.25, -0.2) is 13.2 Å². The van der Waals surface area contributed by atoms with Crippen LogP contribution in [0.3, 0.4) is 0 Å². The maximum Gasteiger partial charge on any atom is 0.338 e. The van der Waals surface area contributed by atoms with E-state index in [-0.39, 0.29) is 11.5 Å². The van der Waals surface area contributed by atoms with Crippen molar-refractivity contribution in [3.05, 3.63) is 88.5 Å². The lowest BCUT2D eigenvalue weighted by molar-refractivity contribution is -0.114. The first-order valence-corrected chi connectivity index (χ1v) is 12.7. The molecule has 7 nitrogen and oxygen atoms in total. The SMILES string of the molecule is CCOC(=O)c1ccc(C)c(NC(=O)CN(c2ccc(C)c(C)c2)S(=O)(=O)c2ccc(C)cc2)c1. The molecular formula is C27H30N2O5S. The Kier molecular flexibility index (Phi) is 7.96. The van der Waals surface area contributed by atoms with Gasteiger partial charge >= 0.3 is 5.97 Å². The van der Waals surface area contributed by atoms with E-state index in [1.807, 2.05) is 26.8 Å². The number of carbonyl (C=O) groups is 2. The number of hydrogen-bond acceptors (Lipinski definition) is 5. The van der Waals surface area contributed by atoms with Gasteiger partial charge in [-0.1, -0.05) is 29.8 Å².